The summed E-state index contributed by atoms with van der Waals surface area (Å²) in [5, 5.41) is 0.00503. The monoisotopic (exact) mass is 264 g/mol. The fraction of sp³-hybridized carbons (Fsp3) is 0.200. The summed E-state index contributed by atoms with van der Waals surface area (Å²) in [7, 11) is 0. The van der Waals surface area contributed by atoms with Gasteiger partial charge in [0, 0.05) is 0 Å². The first-order valence-electron chi connectivity index (χ1n) is 5.79. The normalized spacial score (nSPS) is 10.7. The van der Waals surface area contributed by atoms with Gasteiger partial charge in [-0.3, -0.25) is 0 Å². The van der Waals surface area contributed by atoms with E-state index in [9.17, 15) is 4.39 Å². The van der Waals surface area contributed by atoms with Crippen LogP contribution in [0.3, 0.4) is 0 Å². The van der Waals surface area contributed by atoms with Crippen LogP contribution in [-0.2, 0) is 0 Å². The van der Waals surface area contributed by atoms with Gasteiger partial charge in [-0.2, -0.15) is 0 Å². The van der Waals surface area contributed by atoms with E-state index in [0.29, 0.717) is 17.4 Å². The van der Waals surface area contributed by atoms with Crippen LogP contribution in [-0.4, -0.2) is 0 Å². The Morgan fingerprint density at radius 1 is 1.06 bits per heavy atom. The smallest absolute Gasteiger partial charge is 0.149 e. The first-order chi connectivity index (χ1) is 8.58. The number of ether oxygens (including phenoxy) is 1. The summed E-state index contributed by atoms with van der Waals surface area (Å²) in [4.78, 5) is 0. The third-order valence-electron chi connectivity index (χ3n) is 2.69. The van der Waals surface area contributed by atoms with Crippen LogP contribution >= 0.6 is 11.6 Å². The Morgan fingerprint density at radius 3 is 2.33 bits per heavy atom. The van der Waals surface area contributed by atoms with Crippen molar-refractivity contribution in [2.45, 2.75) is 19.8 Å². The van der Waals surface area contributed by atoms with Crippen molar-refractivity contribution < 1.29 is 9.13 Å². The summed E-state index contributed by atoms with van der Waals surface area (Å²) in [6, 6.07) is 12.2. The van der Waals surface area contributed by atoms with Crippen molar-refractivity contribution in [2.75, 3.05) is 0 Å². The predicted octanol–water partition coefficient (Wildman–Crippen LogP) is 5.39. The van der Waals surface area contributed by atoms with Gasteiger partial charge in [0.2, 0.25) is 0 Å². The van der Waals surface area contributed by atoms with Crippen molar-refractivity contribution in [3.05, 3.63) is 58.9 Å². The van der Waals surface area contributed by atoms with Gasteiger partial charge >= 0.3 is 0 Å². The average Bonchev–Trinajstić information content (AvgIpc) is 2.36. The minimum Gasteiger partial charge on any atom is -0.456 e. The molecule has 0 aliphatic carbocycles. The van der Waals surface area contributed by atoms with Crippen molar-refractivity contribution >= 4 is 11.6 Å². The average molecular weight is 265 g/mol. The lowest BCUT2D eigenvalue weighted by atomic mass is 10.0. The van der Waals surface area contributed by atoms with Crippen LogP contribution < -0.4 is 4.74 Å². The molecule has 0 atom stereocenters. The van der Waals surface area contributed by atoms with E-state index in [1.807, 2.05) is 24.3 Å². The van der Waals surface area contributed by atoms with Crippen LogP contribution in [0.15, 0.2) is 42.5 Å². The molecule has 0 N–H and O–H groups in total. The summed E-state index contributed by atoms with van der Waals surface area (Å²) in [6.45, 7) is 4.25. The molecular formula is C15H14ClFO. The molecule has 94 valence electrons. The molecule has 0 amide bonds. The minimum absolute atomic E-state index is 0.00503. The minimum atomic E-state index is -0.479. The first-order valence-corrected chi connectivity index (χ1v) is 6.17. The standard InChI is InChI=1S/C15H14ClFO/c1-10(2)11-6-8-12(9-7-11)18-14-5-3-4-13(17)15(14)16/h3-10H,1-2H3. The number of rotatable bonds is 3. The number of benzene rings is 2. The fourth-order valence-corrected chi connectivity index (χ4v) is 1.78. The van der Waals surface area contributed by atoms with Gasteiger partial charge in [-0.1, -0.05) is 43.6 Å². The lowest BCUT2D eigenvalue weighted by Crippen LogP contribution is -1.89. The maximum absolute atomic E-state index is 13.2. The van der Waals surface area contributed by atoms with E-state index in [2.05, 4.69) is 13.8 Å². The van der Waals surface area contributed by atoms with Crippen molar-refractivity contribution in [1.82, 2.24) is 0 Å². The molecular weight excluding hydrogens is 251 g/mol. The molecule has 0 aromatic heterocycles. The topological polar surface area (TPSA) is 9.23 Å². The molecule has 2 aromatic carbocycles. The van der Waals surface area contributed by atoms with Crippen LogP contribution in [0.5, 0.6) is 11.5 Å². The maximum Gasteiger partial charge on any atom is 0.149 e. The molecule has 0 unspecified atom stereocenters. The Morgan fingerprint density at radius 2 is 1.72 bits per heavy atom. The maximum atomic E-state index is 13.2. The van der Waals surface area contributed by atoms with E-state index < -0.39 is 5.82 Å². The second-order valence-corrected chi connectivity index (χ2v) is 4.76. The zero-order chi connectivity index (χ0) is 13.1. The largest absolute Gasteiger partial charge is 0.456 e. The molecule has 18 heavy (non-hydrogen) atoms. The van der Waals surface area contributed by atoms with Crippen LogP contribution in [0.4, 0.5) is 4.39 Å². The summed E-state index contributed by atoms with van der Waals surface area (Å²) < 4.78 is 18.8. The number of hydrogen-bond acceptors (Lipinski definition) is 1. The summed E-state index contributed by atoms with van der Waals surface area (Å²) in [5.74, 6) is 0.964. The van der Waals surface area contributed by atoms with Crippen molar-refractivity contribution in [1.29, 1.82) is 0 Å². The SMILES string of the molecule is CC(C)c1ccc(Oc2cccc(F)c2Cl)cc1. The van der Waals surface area contributed by atoms with Crippen LogP contribution in [0.25, 0.3) is 0 Å². The summed E-state index contributed by atoms with van der Waals surface area (Å²) >= 11 is 5.82. The van der Waals surface area contributed by atoms with Gasteiger partial charge in [-0.15, -0.1) is 0 Å². The third-order valence-corrected chi connectivity index (χ3v) is 3.06. The second-order valence-electron chi connectivity index (χ2n) is 4.38. The van der Waals surface area contributed by atoms with Gasteiger partial charge in [0.15, 0.2) is 0 Å². The summed E-state index contributed by atoms with van der Waals surface area (Å²) in [6.07, 6.45) is 0. The van der Waals surface area contributed by atoms with Crippen LogP contribution in [0.1, 0.15) is 25.3 Å². The Kier molecular flexibility index (Phi) is 3.87. The van der Waals surface area contributed by atoms with Gasteiger partial charge in [-0.25, -0.2) is 4.39 Å². The van der Waals surface area contributed by atoms with Gasteiger partial charge < -0.3 is 4.74 Å². The highest BCUT2D eigenvalue weighted by Gasteiger charge is 2.08. The quantitative estimate of drug-likeness (QED) is 0.722. The Hall–Kier alpha value is -1.54. The molecule has 0 bridgehead atoms. The molecule has 0 heterocycles. The molecule has 0 spiro atoms. The highest BCUT2D eigenvalue weighted by atomic mass is 35.5. The second kappa shape index (κ2) is 5.40. The highest BCUT2D eigenvalue weighted by molar-refractivity contribution is 6.32. The van der Waals surface area contributed by atoms with E-state index >= 15 is 0 Å². The van der Waals surface area contributed by atoms with Crippen molar-refractivity contribution in [3.63, 3.8) is 0 Å². The number of hydrogen-bond donors (Lipinski definition) is 0. The van der Waals surface area contributed by atoms with Crippen LogP contribution in [0.2, 0.25) is 5.02 Å². The molecule has 2 rings (SSSR count). The molecule has 0 aliphatic rings. The Bertz CT molecular complexity index is 535. The Labute approximate surface area is 111 Å². The molecule has 0 radical (unpaired) electrons. The molecule has 0 fully saturated rings. The van der Waals surface area contributed by atoms with E-state index in [4.69, 9.17) is 16.3 Å². The first kappa shape index (κ1) is 12.9. The summed E-state index contributed by atoms with van der Waals surface area (Å²) in [5.41, 5.74) is 1.23. The van der Waals surface area contributed by atoms with Gasteiger partial charge in [0.25, 0.3) is 0 Å². The van der Waals surface area contributed by atoms with Crippen molar-refractivity contribution in [3.8, 4) is 11.5 Å². The third kappa shape index (κ3) is 2.82. The van der Waals surface area contributed by atoms with Crippen LogP contribution in [0, 0.1) is 5.82 Å². The molecule has 0 saturated carbocycles. The Balaban J connectivity index is 2.21. The molecule has 2 aromatic rings. The van der Waals surface area contributed by atoms with Gasteiger partial charge in [0.1, 0.15) is 22.3 Å². The van der Waals surface area contributed by atoms with Gasteiger partial charge in [0.05, 0.1) is 0 Å². The molecule has 0 saturated heterocycles. The van der Waals surface area contributed by atoms with E-state index in [0.717, 1.165) is 0 Å². The lowest BCUT2D eigenvalue weighted by Gasteiger charge is -2.09. The molecule has 3 heteroatoms. The van der Waals surface area contributed by atoms with E-state index in [1.165, 1.54) is 11.6 Å². The number of halogens is 2. The zero-order valence-electron chi connectivity index (χ0n) is 10.3. The van der Waals surface area contributed by atoms with Crippen molar-refractivity contribution in [2.24, 2.45) is 0 Å². The molecule has 0 aliphatic heterocycles. The lowest BCUT2D eigenvalue weighted by molar-refractivity contribution is 0.477. The van der Waals surface area contributed by atoms with E-state index in [1.54, 1.807) is 12.1 Å². The predicted molar refractivity (Wildman–Crippen MR) is 72.0 cm³/mol. The fourth-order valence-electron chi connectivity index (χ4n) is 1.61. The van der Waals surface area contributed by atoms with E-state index in [-0.39, 0.29) is 5.02 Å². The highest BCUT2D eigenvalue weighted by Crippen LogP contribution is 2.31. The van der Waals surface area contributed by atoms with Gasteiger partial charge in [-0.05, 0) is 35.7 Å². The molecule has 1 nitrogen and oxygen atoms in total. The zero-order valence-corrected chi connectivity index (χ0v) is 11.0.